The Morgan fingerprint density at radius 2 is 1.88 bits per heavy atom. The summed E-state index contributed by atoms with van der Waals surface area (Å²) in [5.74, 6) is 1.46. The molecule has 2 aromatic carbocycles. The van der Waals surface area contributed by atoms with Gasteiger partial charge in [0.05, 0.1) is 6.04 Å². The van der Waals surface area contributed by atoms with Crippen molar-refractivity contribution in [2.45, 2.75) is 45.8 Å². The van der Waals surface area contributed by atoms with E-state index in [0.717, 1.165) is 16.9 Å². The summed E-state index contributed by atoms with van der Waals surface area (Å²) < 4.78 is 11.1. The molecule has 0 heterocycles. The second-order valence-corrected chi connectivity index (χ2v) is 7.11. The van der Waals surface area contributed by atoms with Gasteiger partial charge in [0.25, 0.3) is 0 Å². The first kappa shape index (κ1) is 19.5. The lowest BCUT2D eigenvalue weighted by Crippen LogP contribution is -2.41. The summed E-state index contributed by atoms with van der Waals surface area (Å²) in [4.78, 5) is 23.2. The predicted molar refractivity (Wildman–Crippen MR) is 101 cm³/mol. The van der Waals surface area contributed by atoms with Crippen LogP contribution in [0.4, 0.5) is 4.79 Å². The molecule has 26 heavy (non-hydrogen) atoms. The lowest BCUT2D eigenvalue weighted by Gasteiger charge is -2.21. The molecule has 0 bridgehead atoms. The zero-order valence-corrected chi connectivity index (χ0v) is 15.6. The van der Waals surface area contributed by atoms with Crippen molar-refractivity contribution in [3.05, 3.63) is 59.7 Å². The van der Waals surface area contributed by atoms with E-state index < -0.39 is 17.7 Å². The molecule has 0 saturated heterocycles. The van der Waals surface area contributed by atoms with Gasteiger partial charge >= 0.3 is 6.09 Å². The molecular weight excluding hydrogens is 330 g/mol. The Morgan fingerprint density at radius 3 is 2.54 bits per heavy atom. The molecule has 138 valence electrons. The average Bonchev–Trinajstić information content (AvgIpc) is 2.55. The molecule has 0 aliphatic heterocycles. The molecule has 0 fully saturated rings. The second-order valence-electron chi connectivity index (χ2n) is 7.11. The summed E-state index contributed by atoms with van der Waals surface area (Å²) in [7, 11) is 0. The maximum Gasteiger partial charge on any atom is 0.408 e. The van der Waals surface area contributed by atoms with Crippen molar-refractivity contribution in [1.82, 2.24) is 5.32 Å². The molecule has 0 aromatic heterocycles. The van der Waals surface area contributed by atoms with Crippen molar-refractivity contribution in [3.63, 3.8) is 0 Å². The molecule has 2 rings (SSSR count). The number of amides is 1. The summed E-state index contributed by atoms with van der Waals surface area (Å²) in [6.45, 7) is 7.30. The first-order valence-electron chi connectivity index (χ1n) is 8.54. The Morgan fingerprint density at radius 1 is 1.15 bits per heavy atom. The maximum absolute atomic E-state index is 11.8. The highest BCUT2D eigenvalue weighted by molar-refractivity contribution is 5.73. The van der Waals surface area contributed by atoms with Gasteiger partial charge in [0.2, 0.25) is 0 Å². The molecule has 1 atom stereocenters. The van der Waals surface area contributed by atoms with E-state index in [1.807, 2.05) is 55.5 Å². The van der Waals surface area contributed by atoms with Crippen molar-refractivity contribution >= 4 is 12.4 Å². The van der Waals surface area contributed by atoms with Crippen molar-refractivity contribution in [3.8, 4) is 11.5 Å². The fraction of sp³-hybridized carbons (Fsp3) is 0.333. The molecule has 0 aliphatic carbocycles. The van der Waals surface area contributed by atoms with Crippen molar-refractivity contribution in [2.24, 2.45) is 0 Å². The molecule has 0 aliphatic rings. The number of aldehydes is 1. The van der Waals surface area contributed by atoms with Crippen LogP contribution in [0.3, 0.4) is 0 Å². The summed E-state index contributed by atoms with van der Waals surface area (Å²) in [5, 5.41) is 2.58. The lowest BCUT2D eigenvalue weighted by molar-refractivity contribution is -0.109. The summed E-state index contributed by atoms with van der Waals surface area (Å²) in [5.41, 5.74) is 1.30. The van der Waals surface area contributed by atoms with Gasteiger partial charge in [-0.05, 0) is 63.4 Å². The molecule has 5 heteroatoms. The second kappa shape index (κ2) is 8.52. The first-order chi connectivity index (χ1) is 12.3. The van der Waals surface area contributed by atoms with Crippen LogP contribution in [0.5, 0.6) is 11.5 Å². The van der Waals surface area contributed by atoms with E-state index in [9.17, 15) is 9.59 Å². The van der Waals surface area contributed by atoms with Gasteiger partial charge in [0, 0.05) is 0 Å². The Hall–Kier alpha value is -2.82. The van der Waals surface area contributed by atoms with Gasteiger partial charge in [0.1, 0.15) is 23.4 Å². The van der Waals surface area contributed by atoms with Gasteiger partial charge in [-0.2, -0.15) is 0 Å². The number of aryl methyl sites for hydroxylation is 1. The third-order valence-electron chi connectivity index (χ3n) is 3.54. The minimum atomic E-state index is -0.668. The van der Waals surface area contributed by atoms with E-state index in [1.165, 1.54) is 0 Å². The first-order valence-corrected chi connectivity index (χ1v) is 8.54. The van der Waals surface area contributed by atoms with Crippen molar-refractivity contribution < 1.29 is 19.1 Å². The Balaban J connectivity index is 2.03. The van der Waals surface area contributed by atoms with Crippen LogP contribution >= 0.6 is 0 Å². The molecule has 0 radical (unpaired) electrons. The third kappa shape index (κ3) is 6.24. The molecule has 2 aromatic rings. The molecule has 5 nitrogen and oxygen atoms in total. The number of alkyl carbamates (subject to hydrolysis) is 1. The maximum atomic E-state index is 11.8. The summed E-state index contributed by atoms with van der Waals surface area (Å²) in [6.07, 6.45) is 0.453. The quantitative estimate of drug-likeness (QED) is 0.779. The van der Waals surface area contributed by atoms with E-state index in [0.29, 0.717) is 18.5 Å². The molecule has 1 amide bonds. The Labute approximate surface area is 154 Å². The predicted octanol–water partition coefficient (Wildman–Crippen LogP) is 4.42. The lowest BCUT2D eigenvalue weighted by atomic mass is 10.1. The number of para-hydroxylation sites is 1. The normalized spacial score (nSPS) is 12.2. The summed E-state index contributed by atoms with van der Waals surface area (Å²) in [6, 6.07) is 14.5. The fourth-order valence-electron chi connectivity index (χ4n) is 2.38. The van der Waals surface area contributed by atoms with Gasteiger partial charge in [-0.15, -0.1) is 0 Å². The van der Waals surface area contributed by atoms with E-state index in [2.05, 4.69) is 5.32 Å². The van der Waals surface area contributed by atoms with Crippen LogP contribution in [0.25, 0.3) is 0 Å². The fourth-order valence-corrected chi connectivity index (χ4v) is 2.38. The average molecular weight is 355 g/mol. The van der Waals surface area contributed by atoms with Crippen LogP contribution in [0.15, 0.2) is 48.5 Å². The number of hydrogen-bond acceptors (Lipinski definition) is 4. The van der Waals surface area contributed by atoms with E-state index in [-0.39, 0.29) is 0 Å². The number of carbonyl (C=O) groups excluding carboxylic acids is 2. The summed E-state index contributed by atoms with van der Waals surface area (Å²) >= 11 is 0. The number of hydrogen-bond donors (Lipinski definition) is 1. The number of ether oxygens (including phenoxy) is 2. The molecular formula is C21H25NO4. The number of carbonyl (C=O) groups is 2. The van der Waals surface area contributed by atoms with Gasteiger partial charge in [-0.1, -0.05) is 30.3 Å². The molecule has 1 unspecified atom stereocenters. The number of benzene rings is 2. The molecule has 0 saturated carbocycles. The number of rotatable bonds is 6. The van der Waals surface area contributed by atoms with Crippen LogP contribution in [0.1, 0.15) is 31.9 Å². The Bertz CT molecular complexity index is 765. The van der Waals surface area contributed by atoms with Crippen LogP contribution < -0.4 is 10.1 Å². The highest BCUT2D eigenvalue weighted by atomic mass is 16.6. The minimum absolute atomic E-state index is 0.355. The largest absolute Gasteiger partial charge is 0.457 e. The topological polar surface area (TPSA) is 64.6 Å². The molecule has 0 spiro atoms. The van der Waals surface area contributed by atoms with Crippen molar-refractivity contribution in [1.29, 1.82) is 0 Å². The van der Waals surface area contributed by atoms with Gasteiger partial charge < -0.3 is 19.6 Å². The zero-order chi connectivity index (χ0) is 19.2. The van der Waals surface area contributed by atoms with Crippen molar-refractivity contribution in [2.75, 3.05) is 0 Å². The van der Waals surface area contributed by atoms with Gasteiger partial charge in [-0.3, -0.25) is 0 Å². The monoisotopic (exact) mass is 355 g/mol. The van der Waals surface area contributed by atoms with Gasteiger partial charge in [-0.25, -0.2) is 4.79 Å². The van der Waals surface area contributed by atoms with E-state index >= 15 is 0 Å². The zero-order valence-electron chi connectivity index (χ0n) is 15.6. The van der Waals surface area contributed by atoms with Crippen LogP contribution in [0.2, 0.25) is 0 Å². The number of nitrogens with one attached hydrogen (secondary N) is 1. The standard InChI is InChI=1S/C21H25NO4/c1-15-8-5-6-11-19(15)25-18-10-7-9-16(13-18)12-17(14-23)22-20(24)26-21(2,3)4/h5-11,13-14,17H,12H2,1-4H3,(H,22,24). The Kier molecular flexibility index (Phi) is 6.39. The van der Waals surface area contributed by atoms with Crippen LogP contribution in [0, 0.1) is 6.92 Å². The molecule has 1 N–H and O–H groups in total. The van der Waals surface area contributed by atoms with Crippen LogP contribution in [-0.2, 0) is 16.0 Å². The van der Waals surface area contributed by atoms with Gasteiger partial charge in [0.15, 0.2) is 0 Å². The van der Waals surface area contributed by atoms with Crippen LogP contribution in [-0.4, -0.2) is 24.0 Å². The SMILES string of the molecule is Cc1ccccc1Oc1cccc(CC(C=O)NC(=O)OC(C)(C)C)c1. The van der Waals surface area contributed by atoms with E-state index in [1.54, 1.807) is 20.8 Å². The third-order valence-corrected chi connectivity index (χ3v) is 3.54. The minimum Gasteiger partial charge on any atom is -0.457 e. The smallest absolute Gasteiger partial charge is 0.408 e. The van der Waals surface area contributed by atoms with E-state index in [4.69, 9.17) is 9.47 Å². The highest BCUT2D eigenvalue weighted by Gasteiger charge is 2.19. The highest BCUT2D eigenvalue weighted by Crippen LogP contribution is 2.25.